The number of benzene rings is 2. The van der Waals surface area contributed by atoms with Gasteiger partial charge in [-0.15, -0.1) is 0 Å². The van der Waals surface area contributed by atoms with E-state index in [0.717, 1.165) is 5.56 Å². The Morgan fingerprint density at radius 2 is 1.71 bits per heavy atom. The molecule has 2 aromatic rings. The molecule has 6 nitrogen and oxygen atoms in total. The summed E-state index contributed by atoms with van der Waals surface area (Å²) in [7, 11) is -7.35. The van der Waals surface area contributed by atoms with E-state index >= 15 is 0 Å². The maximum Gasteiger partial charge on any atom is 0.183 e. The van der Waals surface area contributed by atoms with Crippen LogP contribution >= 0.6 is 0 Å². The summed E-state index contributed by atoms with van der Waals surface area (Å²) in [4.78, 5) is 0.0617. The zero-order chi connectivity index (χ0) is 20.4. The predicted molar refractivity (Wildman–Crippen MR) is 104 cm³/mol. The van der Waals surface area contributed by atoms with E-state index in [9.17, 15) is 21.2 Å². The highest BCUT2D eigenvalue weighted by Crippen LogP contribution is 2.27. The van der Waals surface area contributed by atoms with E-state index in [1.807, 2.05) is 6.92 Å². The van der Waals surface area contributed by atoms with Crippen molar-refractivity contribution in [3.8, 4) is 5.75 Å². The Morgan fingerprint density at radius 3 is 2.32 bits per heavy atom. The van der Waals surface area contributed by atoms with Gasteiger partial charge in [-0.2, -0.15) is 0 Å². The van der Waals surface area contributed by atoms with Crippen molar-refractivity contribution in [1.29, 1.82) is 0 Å². The lowest BCUT2D eigenvalue weighted by atomic mass is 10.2. The van der Waals surface area contributed by atoms with E-state index in [2.05, 4.69) is 5.32 Å². The molecule has 1 heterocycles. The van der Waals surface area contributed by atoms with Gasteiger partial charge in [-0.3, -0.25) is 0 Å². The molecule has 0 spiro atoms. The van der Waals surface area contributed by atoms with Crippen LogP contribution in [0, 0.1) is 5.82 Å². The fourth-order valence-corrected chi connectivity index (χ4v) is 7.95. The van der Waals surface area contributed by atoms with E-state index in [-0.39, 0.29) is 23.0 Å². The molecule has 9 heteroatoms. The Morgan fingerprint density at radius 1 is 1.07 bits per heavy atom. The summed E-state index contributed by atoms with van der Waals surface area (Å²) in [5.41, 5.74) is 0.739. The third kappa shape index (κ3) is 4.71. The monoisotopic (exact) mass is 427 g/mol. The first-order valence-corrected chi connectivity index (χ1v) is 12.2. The second-order valence-electron chi connectivity index (χ2n) is 6.68. The van der Waals surface area contributed by atoms with Crippen LogP contribution in [0.5, 0.6) is 5.75 Å². The number of rotatable bonds is 7. The van der Waals surface area contributed by atoms with Gasteiger partial charge in [-0.05, 0) is 48.9 Å². The molecule has 1 aliphatic rings. The van der Waals surface area contributed by atoms with Gasteiger partial charge < -0.3 is 10.1 Å². The summed E-state index contributed by atoms with van der Waals surface area (Å²) >= 11 is 0. The average molecular weight is 428 g/mol. The van der Waals surface area contributed by atoms with Crippen molar-refractivity contribution in [2.75, 3.05) is 18.1 Å². The van der Waals surface area contributed by atoms with Crippen LogP contribution in [0.15, 0.2) is 53.4 Å². The number of hydrogen-bond acceptors (Lipinski definition) is 6. The molecule has 0 saturated carbocycles. The normalized spacial score (nSPS) is 21.5. The number of ether oxygens (including phenoxy) is 1. The molecular weight excluding hydrogens is 405 g/mol. The van der Waals surface area contributed by atoms with Gasteiger partial charge in [0.05, 0.1) is 28.3 Å². The van der Waals surface area contributed by atoms with Gasteiger partial charge in [0.15, 0.2) is 19.7 Å². The Kier molecular flexibility index (Phi) is 6.07. The highest BCUT2D eigenvalue weighted by Gasteiger charge is 2.45. The lowest BCUT2D eigenvalue weighted by molar-refractivity contribution is 0.340. The second-order valence-corrected chi connectivity index (χ2v) is 11.0. The second kappa shape index (κ2) is 8.18. The van der Waals surface area contributed by atoms with Crippen LogP contribution in [0.3, 0.4) is 0 Å². The molecule has 3 rings (SSSR count). The number of halogens is 1. The molecule has 2 atom stereocenters. The lowest BCUT2D eigenvalue weighted by Crippen LogP contribution is -2.43. The molecule has 1 fully saturated rings. The molecule has 2 aromatic carbocycles. The van der Waals surface area contributed by atoms with Crippen molar-refractivity contribution < 1.29 is 26.0 Å². The van der Waals surface area contributed by atoms with Gasteiger partial charge >= 0.3 is 0 Å². The summed E-state index contributed by atoms with van der Waals surface area (Å²) in [6, 6.07) is 11.0. The average Bonchev–Trinajstić information content (AvgIpc) is 2.97. The molecule has 152 valence electrons. The first-order valence-electron chi connectivity index (χ1n) is 8.86. The van der Waals surface area contributed by atoms with Crippen molar-refractivity contribution >= 4 is 19.7 Å². The van der Waals surface area contributed by atoms with Crippen molar-refractivity contribution in [1.82, 2.24) is 5.32 Å². The maximum atomic E-state index is 13.1. The van der Waals surface area contributed by atoms with Gasteiger partial charge in [0.1, 0.15) is 11.6 Å². The molecule has 0 radical (unpaired) electrons. The van der Waals surface area contributed by atoms with Crippen LogP contribution in [-0.2, 0) is 26.2 Å². The molecule has 1 N–H and O–H groups in total. The van der Waals surface area contributed by atoms with E-state index in [4.69, 9.17) is 4.74 Å². The number of nitrogens with one attached hydrogen (secondary N) is 1. The summed E-state index contributed by atoms with van der Waals surface area (Å²) in [6.07, 6.45) is 0. The smallest absolute Gasteiger partial charge is 0.183 e. The Balaban J connectivity index is 1.81. The Hall–Kier alpha value is -1.97. The van der Waals surface area contributed by atoms with Crippen LogP contribution in [0.25, 0.3) is 0 Å². The highest BCUT2D eigenvalue weighted by atomic mass is 32.2. The molecule has 2 unspecified atom stereocenters. The van der Waals surface area contributed by atoms with Crippen LogP contribution < -0.4 is 10.1 Å². The Bertz CT molecular complexity index is 1020. The number of hydrogen-bond donors (Lipinski definition) is 1. The molecule has 1 aliphatic heterocycles. The molecule has 0 aromatic heterocycles. The van der Waals surface area contributed by atoms with E-state index in [0.29, 0.717) is 12.4 Å². The molecule has 28 heavy (non-hydrogen) atoms. The summed E-state index contributed by atoms with van der Waals surface area (Å²) in [5.74, 6) is -0.506. The van der Waals surface area contributed by atoms with Gasteiger partial charge in [0.25, 0.3) is 0 Å². The minimum absolute atomic E-state index is 0.0617. The standard InChI is InChI=1S/C19H22FNO5S2/c1-2-26-16-7-9-17(10-8-16)28(24,25)19-13-27(22,23)12-18(19)21-11-14-3-5-15(20)6-4-14/h3-10,18-19,21H,2,11-13H2,1H3. The lowest BCUT2D eigenvalue weighted by Gasteiger charge is -2.20. The van der Waals surface area contributed by atoms with Crippen LogP contribution in [0.4, 0.5) is 4.39 Å². The predicted octanol–water partition coefficient (Wildman–Crippen LogP) is 1.95. The summed E-state index contributed by atoms with van der Waals surface area (Å²) < 4.78 is 68.8. The van der Waals surface area contributed by atoms with Crippen molar-refractivity contribution in [3.05, 3.63) is 59.9 Å². The maximum absolute atomic E-state index is 13.1. The zero-order valence-corrected chi connectivity index (χ0v) is 17.0. The topological polar surface area (TPSA) is 89.5 Å². The van der Waals surface area contributed by atoms with Gasteiger partial charge in [0, 0.05) is 12.6 Å². The van der Waals surface area contributed by atoms with E-state index < -0.39 is 36.7 Å². The van der Waals surface area contributed by atoms with Crippen molar-refractivity contribution in [2.45, 2.75) is 29.7 Å². The molecule has 1 saturated heterocycles. The minimum Gasteiger partial charge on any atom is -0.494 e. The molecule has 0 amide bonds. The van der Waals surface area contributed by atoms with Gasteiger partial charge in [-0.1, -0.05) is 12.1 Å². The van der Waals surface area contributed by atoms with Crippen molar-refractivity contribution in [2.24, 2.45) is 0 Å². The third-order valence-corrected chi connectivity index (χ3v) is 8.81. The summed E-state index contributed by atoms with van der Waals surface area (Å²) in [6.45, 7) is 2.53. The van der Waals surface area contributed by atoms with Gasteiger partial charge in [0.2, 0.25) is 0 Å². The highest BCUT2D eigenvalue weighted by molar-refractivity contribution is 7.96. The first-order chi connectivity index (χ1) is 13.2. The number of sulfone groups is 2. The van der Waals surface area contributed by atoms with Crippen LogP contribution in [0.2, 0.25) is 0 Å². The zero-order valence-electron chi connectivity index (χ0n) is 15.3. The van der Waals surface area contributed by atoms with Crippen LogP contribution in [-0.4, -0.2) is 46.2 Å². The molecular formula is C19H22FNO5S2. The molecule has 0 bridgehead atoms. The quantitative estimate of drug-likeness (QED) is 0.727. The van der Waals surface area contributed by atoms with Gasteiger partial charge in [-0.25, -0.2) is 21.2 Å². The fourth-order valence-electron chi connectivity index (χ4n) is 3.23. The van der Waals surface area contributed by atoms with Crippen molar-refractivity contribution in [3.63, 3.8) is 0 Å². The fraction of sp³-hybridized carbons (Fsp3) is 0.368. The Labute approximate surface area is 164 Å². The first kappa shape index (κ1) is 20.8. The summed E-state index contributed by atoms with van der Waals surface area (Å²) in [5, 5.41) is 1.94. The third-order valence-electron chi connectivity index (χ3n) is 4.64. The molecule has 0 aliphatic carbocycles. The largest absolute Gasteiger partial charge is 0.494 e. The van der Waals surface area contributed by atoms with Crippen LogP contribution in [0.1, 0.15) is 12.5 Å². The van der Waals surface area contributed by atoms with E-state index in [1.165, 1.54) is 24.3 Å². The van der Waals surface area contributed by atoms with E-state index in [1.54, 1.807) is 24.3 Å². The SMILES string of the molecule is CCOc1ccc(S(=O)(=O)C2CS(=O)(=O)CC2NCc2ccc(F)cc2)cc1. The minimum atomic E-state index is -3.86.